The zero-order valence-electron chi connectivity index (χ0n) is 9.94. The summed E-state index contributed by atoms with van der Waals surface area (Å²) in [4.78, 5) is 24.2. The minimum Gasteiger partial charge on any atom is -0.502 e. The molecule has 2 amide bonds. The van der Waals surface area contributed by atoms with E-state index < -0.39 is 17.6 Å². The van der Waals surface area contributed by atoms with E-state index in [1.165, 1.54) is 7.05 Å². The highest BCUT2D eigenvalue weighted by atomic mass is 16.3. The van der Waals surface area contributed by atoms with Crippen LogP contribution in [0.5, 0.6) is 0 Å². The van der Waals surface area contributed by atoms with Crippen molar-refractivity contribution in [1.29, 1.82) is 0 Å². The van der Waals surface area contributed by atoms with Gasteiger partial charge in [-0.15, -0.1) is 0 Å². The molecule has 88 valence electrons. The lowest BCUT2D eigenvalue weighted by molar-refractivity contribution is -0.136. The number of aliphatic hydroxyl groups excluding tert-OH is 1. The number of amides is 2. The third-order valence-corrected chi connectivity index (χ3v) is 2.91. The van der Waals surface area contributed by atoms with E-state index in [0.29, 0.717) is 5.56 Å². The Labute approximate surface area is 99.2 Å². The standard InChI is InChI=1S/C13H13NO3/c1-7-4-5-9(8(2)6-7)10-11(15)13(17)14(3)12(10)16/h4-6,15H,1-3H3. The minimum absolute atomic E-state index is 0.0926. The monoisotopic (exact) mass is 231 g/mol. The van der Waals surface area contributed by atoms with Gasteiger partial charge in [0.05, 0.1) is 5.57 Å². The first kappa shape index (κ1) is 11.4. The maximum absolute atomic E-state index is 11.9. The molecule has 1 aromatic rings. The highest BCUT2D eigenvalue weighted by Crippen LogP contribution is 2.29. The Balaban J connectivity index is 2.61. The molecule has 1 aliphatic rings. The Morgan fingerprint density at radius 1 is 1.12 bits per heavy atom. The van der Waals surface area contributed by atoms with Crippen LogP contribution in [-0.2, 0) is 9.59 Å². The van der Waals surface area contributed by atoms with Crippen LogP contribution in [0.1, 0.15) is 16.7 Å². The molecule has 0 saturated carbocycles. The molecule has 1 heterocycles. The van der Waals surface area contributed by atoms with Crippen LogP contribution in [0.3, 0.4) is 0 Å². The molecule has 1 N–H and O–H groups in total. The van der Waals surface area contributed by atoms with Gasteiger partial charge in [0.15, 0.2) is 5.76 Å². The summed E-state index contributed by atoms with van der Waals surface area (Å²) in [5.74, 6) is -1.58. The van der Waals surface area contributed by atoms with Crippen molar-refractivity contribution in [3.8, 4) is 0 Å². The fraction of sp³-hybridized carbons (Fsp3) is 0.231. The number of rotatable bonds is 1. The molecule has 0 fully saturated rings. The third kappa shape index (κ3) is 1.62. The predicted octanol–water partition coefficient (Wildman–Crippen LogP) is 1.57. The van der Waals surface area contributed by atoms with Gasteiger partial charge in [0.2, 0.25) is 0 Å². The highest BCUT2D eigenvalue weighted by molar-refractivity contribution is 6.34. The third-order valence-electron chi connectivity index (χ3n) is 2.91. The van der Waals surface area contributed by atoms with E-state index in [4.69, 9.17) is 0 Å². The van der Waals surface area contributed by atoms with Gasteiger partial charge in [0.25, 0.3) is 11.8 Å². The zero-order chi connectivity index (χ0) is 12.7. The molecule has 0 aliphatic carbocycles. The predicted molar refractivity (Wildman–Crippen MR) is 63.2 cm³/mol. The largest absolute Gasteiger partial charge is 0.502 e. The van der Waals surface area contributed by atoms with Crippen molar-refractivity contribution in [2.24, 2.45) is 0 Å². The van der Waals surface area contributed by atoms with Gasteiger partial charge >= 0.3 is 0 Å². The quantitative estimate of drug-likeness (QED) is 0.746. The summed E-state index contributed by atoms with van der Waals surface area (Å²) in [7, 11) is 1.36. The summed E-state index contributed by atoms with van der Waals surface area (Å²) < 4.78 is 0. The van der Waals surface area contributed by atoms with Crippen LogP contribution in [0.4, 0.5) is 0 Å². The normalized spacial score (nSPS) is 16.1. The number of hydrogen-bond donors (Lipinski definition) is 1. The van der Waals surface area contributed by atoms with Crippen molar-refractivity contribution < 1.29 is 14.7 Å². The first-order chi connectivity index (χ1) is 7.93. The Kier molecular flexibility index (Phi) is 2.50. The number of imide groups is 1. The highest BCUT2D eigenvalue weighted by Gasteiger charge is 2.37. The minimum atomic E-state index is -0.648. The van der Waals surface area contributed by atoms with E-state index in [-0.39, 0.29) is 5.57 Å². The van der Waals surface area contributed by atoms with Crippen molar-refractivity contribution in [2.45, 2.75) is 13.8 Å². The number of carbonyl (C=O) groups excluding carboxylic acids is 2. The molecule has 0 bridgehead atoms. The molecule has 0 aromatic heterocycles. The van der Waals surface area contributed by atoms with Gasteiger partial charge in [-0.2, -0.15) is 0 Å². The number of aryl methyl sites for hydroxylation is 2. The summed E-state index contributed by atoms with van der Waals surface area (Å²) in [6.07, 6.45) is 0. The van der Waals surface area contributed by atoms with Gasteiger partial charge in [0.1, 0.15) is 0 Å². The van der Waals surface area contributed by atoms with Crippen LogP contribution in [-0.4, -0.2) is 28.9 Å². The number of carbonyl (C=O) groups is 2. The molecule has 0 atom stereocenters. The van der Waals surface area contributed by atoms with Crippen molar-refractivity contribution in [3.63, 3.8) is 0 Å². The second kappa shape index (κ2) is 3.73. The lowest BCUT2D eigenvalue weighted by Crippen LogP contribution is -2.26. The SMILES string of the molecule is Cc1ccc(C2=C(O)C(=O)N(C)C2=O)c(C)c1. The summed E-state index contributed by atoms with van der Waals surface area (Å²) in [6.45, 7) is 3.79. The van der Waals surface area contributed by atoms with Gasteiger partial charge < -0.3 is 5.11 Å². The average Bonchev–Trinajstić information content (AvgIpc) is 2.45. The van der Waals surface area contributed by atoms with Gasteiger partial charge in [-0.3, -0.25) is 14.5 Å². The summed E-state index contributed by atoms with van der Waals surface area (Å²) in [5.41, 5.74) is 2.63. The van der Waals surface area contributed by atoms with E-state index in [1.807, 2.05) is 26.0 Å². The summed E-state index contributed by atoms with van der Waals surface area (Å²) in [6, 6.07) is 5.50. The fourth-order valence-corrected chi connectivity index (χ4v) is 1.96. The second-order valence-corrected chi connectivity index (χ2v) is 4.21. The van der Waals surface area contributed by atoms with Gasteiger partial charge in [-0.25, -0.2) is 0 Å². The molecule has 4 heteroatoms. The van der Waals surface area contributed by atoms with E-state index >= 15 is 0 Å². The number of likely N-dealkylation sites (N-methyl/N-ethyl adjacent to an activating group) is 1. The van der Waals surface area contributed by atoms with Crippen LogP contribution in [0.25, 0.3) is 5.57 Å². The van der Waals surface area contributed by atoms with E-state index in [1.54, 1.807) is 6.07 Å². The molecule has 1 aliphatic heterocycles. The van der Waals surface area contributed by atoms with Crippen LogP contribution < -0.4 is 0 Å². The number of nitrogens with zero attached hydrogens (tertiary/aromatic N) is 1. The first-order valence-electron chi connectivity index (χ1n) is 5.26. The fourth-order valence-electron chi connectivity index (χ4n) is 1.96. The van der Waals surface area contributed by atoms with Crippen molar-refractivity contribution in [3.05, 3.63) is 40.6 Å². The smallest absolute Gasteiger partial charge is 0.296 e. The molecule has 0 saturated heterocycles. The van der Waals surface area contributed by atoms with Gasteiger partial charge in [-0.1, -0.05) is 23.8 Å². The van der Waals surface area contributed by atoms with Gasteiger partial charge in [0, 0.05) is 7.05 Å². The second-order valence-electron chi connectivity index (χ2n) is 4.21. The van der Waals surface area contributed by atoms with Crippen LogP contribution in [0.2, 0.25) is 0 Å². The van der Waals surface area contributed by atoms with Crippen molar-refractivity contribution >= 4 is 17.4 Å². The first-order valence-corrected chi connectivity index (χ1v) is 5.26. The van der Waals surface area contributed by atoms with Crippen molar-refractivity contribution in [2.75, 3.05) is 7.05 Å². The number of benzene rings is 1. The van der Waals surface area contributed by atoms with Crippen LogP contribution >= 0.6 is 0 Å². The molecule has 0 spiro atoms. The maximum Gasteiger partial charge on any atom is 0.296 e. The molecule has 4 nitrogen and oxygen atoms in total. The Morgan fingerprint density at radius 3 is 2.24 bits per heavy atom. The van der Waals surface area contributed by atoms with Crippen molar-refractivity contribution in [1.82, 2.24) is 4.90 Å². The van der Waals surface area contributed by atoms with E-state index in [9.17, 15) is 14.7 Å². The van der Waals surface area contributed by atoms with Gasteiger partial charge in [-0.05, 0) is 25.0 Å². The summed E-state index contributed by atoms with van der Waals surface area (Å²) in [5, 5.41) is 9.71. The molecule has 0 radical (unpaired) electrons. The van der Waals surface area contributed by atoms with Crippen LogP contribution in [0, 0.1) is 13.8 Å². The molecular weight excluding hydrogens is 218 g/mol. The molecular formula is C13H13NO3. The molecule has 17 heavy (non-hydrogen) atoms. The number of hydrogen-bond acceptors (Lipinski definition) is 3. The Morgan fingerprint density at radius 2 is 1.76 bits per heavy atom. The number of aliphatic hydroxyl groups is 1. The zero-order valence-corrected chi connectivity index (χ0v) is 9.94. The molecule has 1 aromatic carbocycles. The molecule has 2 rings (SSSR count). The van der Waals surface area contributed by atoms with Crippen LogP contribution in [0.15, 0.2) is 24.0 Å². The lowest BCUT2D eigenvalue weighted by atomic mass is 9.98. The average molecular weight is 231 g/mol. The van der Waals surface area contributed by atoms with E-state index in [0.717, 1.165) is 16.0 Å². The van der Waals surface area contributed by atoms with E-state index in [2.05, 4.69) is 0 Å². The lowest BCUT2D eigenvalue weighted by Gasteiger charge is -2.08. The topological polar surface area (TPSA) is 57.6 Å². The maximum atomic E-state index is 11.9. The Bertz CT molecular complexity index is 558. The summed E-state index contributed by atoms with van der Waals surface area (Å²) >= 11 is 0. The Hall–Kier alpha value is -2.10. The molecule has 0 unspecified atom stereocenters.